The number of carbonyl (C=O) groups is 4. The van der Waals surface area contributed by atoms with Crippen molar-refractivity contribution in [3.05, 3.63) is 94.2 Å². The number of rotatable bonds is 10. The third-order valence-corrected chi connectivity index (χ3v) is 6.85. The van der Waals surface area contributed by atoms with Gasteiger partial charge in [-0.3, -0.25) is 19.2 Å². The second-order valence-electron chi connectivity index (χ2n) is 8.44. The first kappa shape index (κ1) is 24.3. The quantitative estimate of drug-likeness (QED) is 0.428. The van der Waals surface area contributed by atoms with Gasteiger partial charge in [-0.25, -0.2) is 0 Å². The smallest absolute Gasteiger partial charge is 0.289 e. The predicted octanol–water partition coefficient (Wildman–Crippen LogP) is 2.85. The van der Waals surface area contributed by atoms with Crippen molar-refractivity contribution in [1.82, 2.24) is 15.5 Å². The van der Waals surface area contributed by atoms with E-state index in [1.807, 2.05) is 78.2 Å². The molecule has 1 fully saturated rings. The summed E-state index contributed by atoms with van der Waals surface area (Å²) in [5, 5.41) is 7.32. The van der Waals surface area contributed by atoms with Crippen LogP contribution in [0.2, 0.25) is 0 Å². The number of Topliss-reactive ketones (excluding diaryl/α,β-unsaturated/α-hetero) is 1. The van der Waals surface area contributed by atoms with Crippen molar-refractivity contribution in [1.29, 1.82) is 0 Å². The van der Waals surface area contributed by atoms with Crippen LogP contribution in [0.5, 0.6) is 0 Å². The lowest BCUT2D eigenvalue weighted by Crippen LogP contribution is -2.53. The van der Waals surface area contributed by atoms with Crippen LogP contribution in [0.3, 0.4) is 0 Å². The molecular formula is C27H27N3O4S. The molecule has 4 rings (SSSR count). The van der Waals surface area contributed by atoms with Crippen molar-refractivity contribution >= 4 is 34.8 Å². The molecule has 2 atom stereocenters. The Morgan fingerprint density at radius 2 is 1.63 bits per heavy atom. The Balaban J connectivity index is 1.47. The summed E-state index contributed by atoms with van der Waals surface area (Å²) in [5.41, 5.74) is 1.74. The van der Waals surface area contributed by atoms with E-state index in [9.17, 15) is 19.2 Å². The Labute approximate surface area is 208 Å². The van der Waals surface area contributed by atoms with E-state index >= 15 is 0 Å². The average molecular weight is 490 g/mol. The third-order valence-electron chi connectivity index (χ3n) is 5.97. The monoisotopic (exact) mass is 489 g/mol. The molecule has 0 radical (unpaired) electrons. The first-order chi connectivity index (χ1) is 17.0. The lowest BCUT2D eigenvalue weighted by atomic mass is 10.0. The van der Waals surface area contributed by atoms with Crippen molar-refractivity contribution in [2.45, 2.75) is 44.4 Å². The Morgan fingerprint density at radius 3 is 2.29 bits per heavy atom. The van der Waals surface area contributed by atoms with Gasteiger partial charge in [0, 0.05) is 24.3 Å². The number of amides is 3. The van der Waals surface area contributed by atoms with Crippen molar-refractivity contribution in [2.75, 3.05) is 0 Å². The fourth-order valence-electron chi connectivity index (χ4n) is 4.14. The molecule has 3 amide bonds. The number of nitrogens with one attached hydrogen (secondary N) is 2. The van der Waals surface area contributed by atoms with Crippen LogP contribution >= 0.6 is 11.3 Å². The van der Waals surface area contributed by atoms with E-state index < -0.39 is 29.7 Å². The normalized spacial score (nSPS) is 16.1. The molecule has 2 N–H and O–H groups in total. The Bertz CT molecular complexity index is 1170. The number of ketones is 1. The fourth-order valence-corrected chi connectivity index (χ4v) is 4.78. The van der Waals surface area contributed by atoms with Gasteiger partial charge in [0.25, 0.3) is 5.91 Å². The number of nitrogens with zero attached hydrogens (tertiary/aromatic N) is 1. The maximum Gasteiger partial charge on any atom is 0.289 e. The van der Waals surface area contributed by atoms with Gasteiger partial charge in [-0.05, 0) is 29.0 Å². The molecule has 0 aliphatic carbocycles. The summed E-state index contributed by atoms with van der Waals surface area (Å²) < 4.78 is 0. The van der Waals surface area contributed by atoms with Crippen LogP contribution < -0.4 is 10.6 Å². The molecule has 8 heteroatoms. The number of hydrogen-bond acceptors (Lipinski definition) is 5. The fraction of sp³-hybridized carbons (Fsp3) is 0.259. The lowest BCUT2D eigenvalue weighted by molar-refractivity contribution is -0.141. The van der Waals surface area contributed by atoms with Gasteiger partial charge in [0.15, 0.2) is 0 Å². The Hall–Kier alpha value is -3.78. The van der Waals surface area contributed by atoms with Crippen LogP contribution in [0.4, 0.5) is 0 Å². The molecule has 7 nitrogen and oxygen atoms in total. The number of benzene rings is 2. The summed E-state index contributed by atoms with van der Waals surface area (Å²) in [6, 6.07) is 20.7. The molecule has 0 bridgehead atoms. The van der Waals surface area contributed by atoms with Gasteiger partial charge in [0.05, 0.1) is 6.54 Å². The number of likely N-dealkylation sites (tertiary alicyclic amines) is 1. The first-order valence-electron chi connectivity index (χ1n) is 11.5. The van der Waals surface area contributed by atoms with Gasteiger partial charge in [0.1, 0.15) is 12.1 Å². The molecular weight excluding hydrogens is 462 g/mol. The highest BCUT2D eigenvalue weighted by Gasteiger charge is 2.38. The van der Waals surface area contributed by atoms with Crippen LogP contribution in [-0.2, 0) is 38.7 Å². The van der Waals surface area contributed by atoms with Gasteiger partial charge in [0.2, 0.25) is 17.6 Å². The molecule has 0 saturated carbocycles. The second kappa shape index (κ2) is 11.6. The molecule has 3 aromatic rings. The molecule has 1 aromatic heterocycles. The molecule has 1 aliphatic heterocycles. The summed E-state index contributed by atoms with van der Waals surface area (Å²) in [7, 11) is 0. The van der Waals surface area contributed by atoms with Crippen molar-refractivity contribution < 1.29 is 19.2 Å². The third kappa shape index (κ3) is 6.42. The zero-order chi connectivity index (χ0) is 24.6. The maximum atomic E-state index is 13.3. The van der Waals surface area contributed by atoms with Crippen molar-refractivity contribution in [2.24, 2.45) is 0 Å². The SMILES string of the molecule is O=C(NCc1cccs1)C(=O)C(Cc1ccccc1)NC(=O)[C@@H]1CCC(=O)N1Cc1ccccc1. The lowest BCUT2D eigenvalue weighted by Gasteiger charge is -2.26. The number of hydrogen-bond donors (Lipinski definition) is 2. The largest absolute Gasteiger partial charge is 0.345 e. The van der Waals surface area contributed by atoms with E-state index in [0.717, 1.165) is 16.0 Å². The molecule has 0 spiro atoms. The zero-order valence-corrected chi connectivity index (χ0v) is 20.0. The minimum Gasteiger partial charge on any atom is -0.345 e. The summed E-state index contributed by atoms with van der Waals surface area (Å²) in [6.07, 6.45) is 0.815. The van der Waals surface area contributed by atoms with E-state index in [0.29, 0.717) is 13.0 Å². The van der Waals surface area contributed by atoms with Gasteiger partial charge in [-0.1, -0.05) is 66.7 Å². The zero-order valence-electron chi connectivity index (χ0n) is 19.2. The molecule has 2 heterocycles. The number of thiophene rings is 1. The van der Waals surface area contributed by atoms with E-state index in [-0.39, 0.29) is 25.3 Å². The van der Waals surface area contributed by atoms with Crippen molar-refractivity contribution in [3.63, 3.8) is 0 Å². The average Bonchev–Trinajstić information content (AvgIpc) is 3.53. The van der Waals surface area contributed by atoms with E-state index in [1.165, 1.54) is 11.3 Å². The minimum atomic E-state index is -1.04. The van der Waals surface area contributed by atoms with E-state index in [2.05, 4.69) is 10.6 Å². The standard InChI is InChI=1S/C27H27N3O4S/c31-24-14-13-23(30(24)18-20-10-5-2-6-11-20)26(33)29-22(16-19-8-3-1-4-9-19)25(32)27(34)28-17-21-12-7-15-35-21/h1-12,15,22-23H,13-14,16-18H2,(H,28,34)(H,29,33)/t22?,23-/m0/s1. The van der Waals surface area contributed by atoms with Crippen LogP contribution in [-0.4, -0.2) is 40.5 Å². The van der Waals surface area contributed by atoms with E-state index in [4.69, 9.17) is 0 Å². The van der Waals surface area contributed by atoms with Gasteiger partial charge >= 0.3 is 0 Å². The van der Waals surface area contributed by atoms with Crippen LogP contribution in [0.1, 0.15) is 28.8 Å². The Kier molecular flexibility index (Phi) is 8.05. The van der Waals surface area contributed by atoms with Gasteiger partial charge in [-0.15, -0.1) is 11.3 Å². The summed E-state index contributed by atoms with van der Waals surface area (Å²) in [5.74, 6) is -1.98. The molecule has 2 aromatic carbocycles. The maximum absolute atomic E-state index is 13.3. The summed E-state index contributed by atoms with van der Waals surface area (Å²) in [4.78, 5) is 54.0. The molecule has 1 saturated heterocycles. The highest BCUT2D eigenvalue weighted by Crippen LogP contribution is 2.22. The number of carbonyl (C=O) groups excluding carboxylic acids is 4. The minimum absolute atomic E-state index is 0.103. The molecule has 180 valence electrons. The first-order valence-corrected chi connectivity index (χ1v) is 12.4. The highest BCUT2D eigenvalue weighted by atomic mass is 32.1. The van der Waals surface area contributed by atoms with Gasteiger partial charge in [-0.2, -0.15) is 0 Å². The van der Waals surface area contributed by atoms with Crippen molar-refractivity contribution in [3.8, 4) is 0 Å². The predicted molar refractivity (Wildman–Crippen MR) is 133 cm³/mol. The Morgan fingerprint density at radius 1 is 0.943 bits per heavy atom. The summed E-state index contributed by atoms with van der Waals surface area (Å²) in [6.45, 7) is 0.562. The molecule has 1 unspecified atom stereocenters. The second-order valence-corrected chi connectivity index (χ2v) is 9.47. The molecule has 1 aliphatic rings. The van der Waals surface area contributed by atoms with Crippen LogP contribution in [0.15, 0.2) is 78.2 Å². The van der Waals surface area contributed by atoms with Crippen LogP contribution in [0, 0.1) is 0 Å². The molecule has 35 heavy (non-hydrogen) atoms. The van der Waals surface area contributed by atoms with E-state index in [1.54, 1.807) is 4.90 Å². The van der Waals surface area contributed by atoms with Gasteiger partial charge < -0.3 is 15.5 Å². The highest BCUT2D eigenvalue weighted by molar-refractivity contribution is 7.09. The topological polar surface area (TPSA) is 95.6 Å². The van der Waals surface area contributed by atoms with Crippen LogP contribution in [0.25, 0.3) is 0 Å². The summed E-state index contributed by atoms with van der Waals surface area (Å²) >= 11 is 1.48.